The number of urea groups is 1. The smallest absolute Gasteiger partial charge is 0.315 e. The summed E-state index contributed by atoms with van der Waals surface area (Å²) in [6.07, 6.45) is 4.40. The summed E-state index contributed by atoms with van der Waals surface area (Å²) in [6, 6.07) is 0.508. The largest absolute Gasteiger partial charge is 0.356 e. The number of nitrogens with two attached hydrogens (primary N) is 1. The van der Waals surface area contributed by atoms with Gasteiger partial charge in [0.15, 0.2) is 0 Å². The first kappa shape index (κ1) is 16.4. The maximum atomic E-state index is 11.6. The second-order valence-corrected chi connectivity index (χ2v) is 6.80. The maximum Gasteiger partial charge on any atom is 0.315 e. The van der Waals surface area contributed by atoms with Crippen molar-refractivity contribution in [3.05, 3.63) is 0 Å². The number of unbranched alkanes of at least 4 members (excludes halogenated alkanes) is 1. The number of fused-ring (bicyclic) bond motifs is 1. The van der Waals surface area contributed by atoms with E-state index in [1.807, 2.05) is 11.8 Å². The lowest BCUT2D eigenvalue weighted by Gasteiger charge is -2.16. The summed E-state index contributed by atoms with van der Waals surface area (Å²) in [7, 11) is 0. The zero-order chi connectivity index (χ0) is 15.1. The summed E-state index contributed by atoms with van der Waals surface area (Å²) in [5.41, 5.74) is 2.56. The third-order valence-electron chi connectivity index (χ3n) is 3.90. The van der Waals surface area contributed by atoms with Crippen molar-refractivity contribution in [1.82, 2.24) is 21.4 Å². The Balaban J connectivity index is 1.52. The highest BCUT2D eigenvalue weighted by Crippen LogP contribution is 2.33. The summed E-state index contributed by atoms with van der Waals surface area (Å²) in [5, 5.41) is 9.29. The van der Waals surface area contributed by atoms with Gasteiger partial charge in [-0.1, -0.05) is 6.42 Å². The number of nitrogens with one attached hydrogen (secondary N) is 4. The third kappa shape index (κ3) is 5.05. The van der Waals surface area contributed by atoms with Gasteiger partial charge in [0.1, 0.15) is 0 Å². The van der Waals surface area contributed by atoms with Crippen molar-refractivity contribution in [2.24, 2.45) is 5.84 Å². The molecule has 0 spiro atoms. The van der Waals surface area contributed by atoms with Crippen LogP contribution in [0, 0.1) is 0 Å². The average molecular weight is 315 g/mol. The minimum Gasteiger partial charge on any atom is -0.356 e. The lowest BCUT2D eigenvalue weighted by atomic mass is 10.0. The molecule has 2 aliphatic heterocycles. The average Bonchev–Trinajstić information content (AvgIpc) is 2.99. The molecule has 2 saturated heterocycles. The number of rotatable bonds is 9. The number of thioether (sulfide) groups is 1. The van der Waals surface area contributed by atoms with E-state index in [9.17, 15) is 9.59 Å². The molecule has 0 aliphatic carbocycles. The molecule has 6 N–H and O–H groups in total. The highest BCUT2D eigenvalue weighted by atomic mass is 32.2. The number of amides is 3. The lowest BCUT2D eigenvalue weighted by molar-refractivity contribution is -0.121. The van der Waals surface area contributed by atoms with Crippen molar-refractivity contribution < 1.29 is 9.59 Å². The quantitative estimate of drug-likeness (QED) is 0.173. The molecular formula is C13H25N5O2S. The minimum absolute atomic E-state index is 0.0401. The molecule has 2 rings (SSSR count). The molecule has 3 amide bonds. The van der Waals surface area contributed by atoms with Crippen LogP contribution in [0.15, 0.2) is 0 Å². The van der Waals surface area contributed by atoms with Gasteiger partial charge in [-0.05, 0) is 19.3 Å². The molecule has 0 aromatic rings. The maximum absolute atomic E-state index is 11.6. The van der Waals surface area contributed by atoms with Gasteiger partial charge in [-0.25, -0.2) is 4.79 Å². The topological polar surface area (TPSA) is 108 Å². The minimum atomic E-state index is -0.0401. The molecular weight excluding hydrogens is 290 g/mol. The standard InChI is InChI=1S/C13H25N5O2S/c14-16-7-3-6-15-11(19)5-2-1-4-10-12-9(8-21-10)17-13(20)18-12/h9-10,12,16H,1-8,14H2,(H,15,19)(H2,17,18,20). The van der Waals surface area contributed by atoms with Crippen molar-refractivity contribution in [3.8, 4) is 0 Å². The van der Waals surface area contributed by atoms with Crippen molar-refractivity contribution in [3.63, 3.8) is 0 Å². The predicted molar refractivity (Wildman–Crippen MR) is 83.8 cm³/mol. The van der Waals surface area contributed by atoms with Crippen LogP contribution in [0.3, 0.4) is 0 Å². The van der Waals surface area contributed by atoms with E-state index in [1.165, 1.54) is 0 Å². The van der Waals surface area contributed by atoms with Crippen molar-refractivity contribution in [2.45, 2.75) is 49.4 Å². The van der Waals surface area contributed by atoms with Crippen LogP contribution < -0.4 is 27.2 Å². The fourth-order valence-corrected chi connectivity index (χ4v) is 4.32. The van der Waals surface area contributed by atoms with Crippen molar-refractivity contribution >= 4 is 23.7 Å². The molecule has 2 fully saturated rings. The van der Waals surface area contributed by atoms with Gasteiger partial charge in [-0.2, -0.15) is 11.8 Å². The zero-order valence-corrected chi connectivity index (χ0v) is 13.0. The fourth-order valence-electron chi connectivity index (χ4n) is 2.78. The molecule has 0 radical (unpaired) electrons. The van der Waals surface area contributed by atoms with Crippen LogP contribution in [-0.4, -0.2) is 48.1 Å². The first-order valence-electron chi connectivity index (χ1n) is 7.59. The number of carbonyl (C=O) groups excluding carboxylic acids is 2. The first-order valence-corrected chi connectivity index (χ1v) is 8.64. The lowest BCUT2D eigenvalue weighted by Crippen LogP contribution is -2.36. The van der Waals surface area contributed by atoms with Crippen LogP contribution in [0.2, 0.25) is 0 Å². The Hall–Kier alpha value is -0.990. The molecule has 0 saturated carbocycles. The second kappa shape index (κ2) is 8.45. The van der Waals surface area contributed by atoms with E-state index in [0.717, 1.165) is 31.4 Å². The van der Waals surface area contributed by atoms with E-state index in [-0.39, 0.29) is 24.0 Å². The van der Waals surface area contributed by atoms with E-state index >= 15 is 0 Å². The van der Waals surface area contributed by atoms with Gasteiger partial charge in [0, 0.05) is 30.5 Å². The molecule has 0 aromatic carbocycles. The Morgan fingerprint density at radius 3 is 2.95 bits per heavy atom. The number of hydrogen-bond donors (Lipinski definition) is 5. The summed E-state index contributed by atoms with van der Waals surface area (Å²) >= 11 is 1.92. The second-order valence-electron chi connectivity index (χ2n) is 5.53. The molecule has 0 aromatic heterocycles. The fraction of sp³-hybridized carbons (Fsp3) is 0.846. The molecule has 8 heteroatoms. The van der Waals surface area contributed by atoms with Crippen LogP contribution in [0.25, 0.3) is 0 Å². The molecule has 21 heavy (non-hydrogen) atoms. The van der Waals surface area contributed by atoms with Gasteiger partial charge in [0.05, 0.1) is 12.1 Å². The Bertz CT molecular complexity index is 368. The van der Waals surface area contributed by atoms with Gasteiger partial charge in [-0.3, -0.25) is 16.1 Å². The zero-order valence-electron chi connectivity index (χ0n) is 12.2. The van der Waals surface area contributed by atoms with E-state index < -0.39 is 0 Å². The van der Waals surface area contributed by atoms with Gasteiger partial charge < -0.3 is 16.0 Å². The third-order valence-corrected chi connectivity index (χ3v) is 5.41. The number of carbonyl (C=O) groups is 2. The Labute approximate surface area is 129 Å². The predicted octanol–water partition coefficient (Wildman–Crippen LogP) is -0.318. The SMILES string of the molecule is NNCCCNC(=O)CCCCC1SCC2NC(=O)NC21. The van der Waals surface area contributed by atoms with Gasteiger partial charge >= 0.3 is 6.03 Å². The normalized spacial score (nSPS) is 27.1. The Morgan fingerprint density at radius 2 is 2.14 bits per heavy atom. The highest BCUT2D eigenvalue weighted by molar-refractivity contribution is 8.00. The van der Waals surface area contributed by atoms with Gasteiger partial charge in [0.2, 0.25) is 5.91 Å². The first-order chi connectivity index (χ1) is 10.2. The number of hydrazine groups is 1. The van der Waals surface area contributed by atoms with Gasteiger partial charge in [0.25, 0.3) is 0 Å². The summed E-state index contributed by atoms with van der Waals surface area (Å²) < 4.78 is 0. The van der Waals surface area contributed by atoms with Crippen molar-refractivity contribution in [2.75, 3.05) is 18.8 Å². The molecule has 3 atom stereocenters. The molecule has 3 unspecified atom stereocenters. The van der Waals surface area contributed by atoms with Crippen LogP contribution in [0.5, 0.6) is 0 Å². The van der Waals surface area contributed by atoms with Gasteiger partial charge in [-0.15, -0.1) is 0 Å². The summed E-state index contributed by atoms with van der Waals surface area (Å²) in [4.78, 5) is 22.9. The Morgan fingerprint density at radius 1 is 1.29 bits per heavy atom. The van der Waals surface area contributed by atoms with Crippen LogP contribution in [-0.2, 0) is 4.79 Å². The molecule has 7 nitrogen and oxygen atoms in total. The molecule has 0 bridgehead atoms. The van der Waals surface area contributed by atoms with E-state index in [4.69, 9.17) is 5.84 Å². The van der Waals surface area contributed by atoms with Crippen LogP contribution in [0.1, 0.15) is 32.1 Å². The monoisotopic (exact) mass is 315 g/mol. The molecule has 120 valence electrons. The van der Waals surface area contributed by atoms with E-state index in [1.54, 1.807) is 0 Å². The molecule has 2 aliphatic rings. The van der Waals surface area contributed by atoms with Crippen LogP contribution in [0.4, 0.5) is 4.79 Å². The summed E-state index contributed by atoms with van der Waals surface area (Å²) in [6.45, 7) is 1.38. The van der Waals surface area contributed by atoms with Crippen molar-refractivity contribution in [1.29, 1.82) is 0 Å². The highest BCUT2D eigenvalue weighted by Gasteiger charge is 2.42. The van der Waals surface area contributed by atoms with E-state index in [0.29, 0.717) is 24.8 Å². The number of hydrogen-bond acceptors (Lipinski definition) is 5. The van der Waals surface area contributed by atoms with E-state index in [2.05, 4.69) is 21.4 Å². The summed E-state index contributed by atoms with van der Waals surface area (Å²) in [5.74, 6) is 6.25. The van der Waals surface area contributed by atoms with Crippen LogP contribution >= 0.6 is 11.8 Å². The molecule has 2 heterocycles. The Kier molecular flexibility index (Phi) is 6.59.